The number of nitrogens with zero attached hydrogens (tertiary/aromatic N) is 1. The van der Waals surface area contributed by atoms with Gasteiger partial charge in [0.2, 0.25) is 0 Å². The first-order valence-electron chi connectivity index (χ1n) is 9.23. The van der Waals surface area contributed by atoms with Crippen LogP contribution >= 0.6 is 0 Å². The summed E-state index contributed by atoms with van der Waals surface area (Å²) in [7, 11) is 0. The van der Waals surface area contributed by atoms with Crippen LogP contribution in [-0.4, -0.2) is 75.5 Å². The van der Waals surface area contributed by atoms with Crippen LogP contribution in [0.2, 0.25) is 0 Å². The van der Waals surface area contributed by atoms with E-state index in [4.69, 9.17) is 5.11 Å². The van der Waals surface area contributed by atoms with Gasteiger partial charge in [-0.15, -0.1) is 0 Å². The average Bonchev–Trinajstić information content (AvgIpc) is 2.72. The van der Waals surface area contributed by atoms with E-state index in [9.17, 15) is 19.5 Å². The monoisotopic (exact) mass is 418 g/mol. The van der Waals surface area contributed by atoms with Gasteiger partial charge in [0.05, 0.1) is 0 Å². The topological polar surface area (TPSA) is 107 Å². The number of rotatable bonds is 6. The van der Waals surface area contributed by atoms with Gasteiger partial charge in [0.25, 0.3) is 11.8 Å². The van der Waals surface area contributed by atoms with Gasteiger partial charge in [-0.25, -0.2) is 0 Å². The van der Waals surface area contributed by atoms with E-state index < -0.39 is 35.8 Å². The Morgan fingerprint density at radius 3 is 2.27 bits per heavy atom. The number of carboxylic acid groups (broad SMARTS) is 1. The van der Waals surface area contributed by atoms with Crippen molar-refractivity contribution in [3.05, 3.63) is 71.5 Å². The van der Waals surface area contributed by atoms with E-state index in [0.717, 1.165) is 16.7 Å². The molecule has 0 radical (unpaired) electrons. The van der Waals surface area contributed by atoms with Crippen molar-refractivity contribution >= 4 is 47.3 Å². The molecule has 152 valence electrons. The summed E-state index contributed by atoms with van der Waals surface area (Å²) in [4.78, 5) is 37.1. The van der Waals surface area contributed by atoms with Crippen LogP contribution in [0.3, 0.4) is 0 Å². The first kappa shape index (κ1) is 23.7. The summed E-state index contributed by atoms with van der Waals surface area (Å²) in [5.74, 6) is -3.47. The minimum atomic E-state index is -1.23. The van der Waals surface area contributed by atoms with Crippen molar-refractivity contribution in [3.63, 3.8) is 0 Å². The second-order valence-corrected chi connectivity index (χ2v) is 6.99. The number of amides is 2. The van der Waals surface area contributed by atoms with Gasteiger partial charge in [0.1, 0.15) is 17.9 Å². The van der Waals surface area contributed by atoms with Crippen molar-refractivity contribution in [2.75, 3.05) is 13.1 Å². The van der Waals surface area contributed by atoms with Gasteiger partial charge in [0.15, 0.2) is 0 Å². The summed E-state index contributed by atoms with van der Waals surface area (Å²) in [5.41, 5.74) is 2.63. The van der Waals surface area contributed by atoms with E-state index in [1.54, 1.807) is 6.92 Å². The van der Waals surface area contributed by atoms with Gasteiger partial charge in [-0.3, -0.25) is 14.4 Å². The molecule has 3 N–H and O–H groups in total. The second kappa shape index (κ2) is 10.4. The maximum absolute atomic E-state index is 12.8. The zero-order valence-electron chi connectivity index (χ0n) is 16.0. The van der Waals surface area contributed by atoms with Crippen molar-refractivity contribution in [1.29, 1.82) is 0 Å². The number of nitrogens with one attached hydrogen (secondary N) is 1. The number of benzene rings is 2. The predicted molar refractivity (Wildman–Crippen MR) is 114 cm³/mol. The summed E-state index contributed by atoms with van der Waals surface area (Å²) in [6.07, 6.45) is 0. The van der Waals surface area contributed by atoms with E-state index in [1.807, 2.05) is 54.6 Å². The molecule has 0 saturated heterocycles. The first-order chi connectivity index (χ1) is 13.9. The van der Waals surface area contributed by atoms with E-state index >= 15 is 0 Å². The predicted octanol–water partition coefficient (Wildman–Crippen LogP) is 1.70. The molecule has 8 heteroatoms. The van der Waals surface area contributed by atoms with E-state index in [1.165, 1.54) is 4.90 Å². The maximum atomic E-state index is 12.8. The second-order valence-electron chi connectivity index (χ2n) is 6.99. The average molecular weight is 418 g/mol. The van der Waals surface area contributed by atoms with Crippen molar-refractivity contribution in [2.24, 2.45) is 5.92 Å². The number of hydrogen-bond donors (Lipinski definition) is 3. The first-order valence-corrected chi connectivity index (χ1v) is 9.23. The number of aliphatic hydroxyl groups is 1. The molecule has 0 saturated carbocycles. The molecule has 2 aromatic rings. The molecule has 1 atom stereocenters. The Balaban J connectivity index is 0.00000320. The number of aliphatic hydroxyl groups excluding tert-OH is 1. The summed E-state index contributed by atoms with van der Waals surface area (Å²) in [6, 6.07) is 17.7. The molecule has 0 bridgehead atoms. The summed E-state index contributed by atoms with van der Waals surface area (Å²) < 4.78 is 0. The SMILES string of the molecule is CC1CN(Cc2ccc(-c3ccccc3)cc2)C(=O)C(C(=O)NCC(=O)O)=C1O.[NaH]. The number of carbonyl (C=O) groups excluding carboxylic acids is 2. The van der Waals surface area contributed by atoms with Crippen molar-refractivity contribution in [1.82, 2.24) is 10.2 Å². The molecule has 3 rings (SSSR count). The molecule has 0 spiro atoms. The van der Waals surface area contributed by atoms with Crippen molar-refractivity contribution in [3.8, 4) is 11.1 Å². The van der Waals surface area contributed by atoms with Crippen LogP contribution in [0.4, 0.5) is 0 Å². The molecule has 2 aromatic carbocycles. The summed E-state index contributed by atoms with van der Waals surface area (Å²) in [6.45, 7) is 1.62. The van der Waals surface area contributed by atoms with Crippen molar-refractivity contribution in [2.45, 2.75) is 13.5 Å². The Bertz CT molecular complexity index is 957. The minimum absolute atomic E-state index is 0. The molecular weight excluding hydrogens is 395 g/mol. The molecule has 7 nitrogen and oxygen atoms in total. The standard InChI is InChI=1S/C22H22N2O5.Na.H/c1-14-12-24(22(29)19(20(14)27)21(28)23-11-18(25)26)13-15-7-9-17(10-8-15)16-5-3-2-4-6-16;;/h2-10,14,27H,11-13H2,1H3,(H,23,28)(H,25,26);;. The Labute approximate surface area is 196 Å². The molecule has 1 aliphatic rings. The van der Waals surface area contributed by atoms with Crippen LogP contribution in [0.5, 0.6) is 0 Å². The molecule has 0 aliphatic carbocycles. The molecular formula is C22H23N2NaO5. The normalized spacial score (nSPS) is 16.1. The van der Waals surface area contributed by atoms with Crippen LogP contribution in [-0.2, 0) is 20.9 Å². The van der Waals surface area contributed by atoms with Crippen LogP contribution in [0.1, 0.15) is 12.5 Å². The summed E-state index contributed by atoms with van der Waals surface area (Å²) in [5, 5.41) is 21.1. The van der Waals surface area contributed by atoms with Gasteiger partial charge in [-0.2, -0.15) is 0 Å². The molecule has 30 heavy (non-hydrogen) atoms. The Kier molecular flexibility index (Phi) is 8.23. The zero-order valence-corrected chi connectivity index (χ0v) is 16.0. The van der Waals surface area contributed by atoms with E-state index in [0.29, 0.717) is 0 Å². The van der Waals surface area contributed by atoms with Gasteiger partial charge < -0.3 is 20.4 Å². The van der Waals surface area contributed by atoms with Gasteiger partial charge in [-0.05, 0) is 16.7 Å². The Morgan fingerprint density at radius 2 is 1.67 bits per heavy atom. The summed E-state index contributed by atoms with van der Waals surface area (Å²) >= 11 is 0. The van der Waals surface area contributed by atoms with Crippen LogP contribution in [0.15, 0.2) is 65.9 Å². The zero-order chi connectivity index (χ0) is 21.0. The number of carbonyl (C=O) groups is 3. The fourth-order valence-electron chi connectivity index (χ4n) is 3.26. The van der Waals surface area contributed by atoms with Crippen molar-refractivity contribution < 1.29 is 24.6 Å². The number of carboxylic acids is 1. The molecule has 1 aliphatic heterocycles. The number of aliphatic carboxylic acids is 1. The Hall–Kier alpha value is -2.61. The third kappa shape index (κ3) is 5.50. The molecule has 1 unspecified atom stereocenters. The molecule has 1 heterocycles. The van der Waals surface area contributed by atoms with Gasteiger partial charge in [-0.1, -0.05) is 61.5 Å². The van der Waals surface area contributed by atoms with Crippen LogP contribution in [0.25, 0.3) is 11.1 Å². The molecule has 2 amide bonds. The third-order valence-electron chi connectivity index (χ3n) is 4.78. The number of hydrogen-bond acceptors (Lipinski definition) is 4. The van der Waals surface area contributed by atoms with Crippen LogP contribution < -0.4 is 5.32 Å². The fraction of sp³-hybridized carbons (Fsp3) is 0.227. The molecule has 0 fully saturated rings. The van der Waals surface area contributed by atoms with Gasteiger partial charge in [0, 0.05) is 19.0 Å². The fourth-order valence-corrected chi connectivity index (χ4v) is 3.26. The van der Waals surface area contributed by atoms with Crippen LogP contribution in [0, 0.1) is 5.92 Å². The van der Waals surface area contributed by atoms with E-state index in [2.05, 4.69) is 5.32 Å². The van der Waals surface area contributed by atoms with E-state index in [-0.39, 0.29) is 48.4 Å². The third-order valence-corrected chi connectivity index (χ3v) is 4.78. The molecule has 0 aromatic heterocycles. The quantitative estimate of drug-likeness (QED) is 0.489. The Morgan fingerprint density at radius 1 is 1.07 bits per heavy atom. The van der Waals surface area contributed by atoms with Gasteiger partial charge >= 0.3 is 35.5 Å².